The second-order valence-corrected chi connectivity index (χ2v) is 4.34. The van der Waals surface area contributed by atoms with Crippen LogP contribution in [0.25, 0.3) is 0 Å². The molecule has 1 aliphatic rings. The molecule has 0 aromatic rings. The second kappa shape index (κ2) is 7.17. The van der Waals surface area contributed by atoms with Gasteiger partial charge in [-0.1, -0.05) is 0 Å². The Hall–Kier alpha value is -0.160. The average Bonchev–Trinajstić information content (AvgIpc) is 2.29. The standard InChI is InChI=1S/C11H23NO3/c1-12(11(8-13)9-14)5-2-10-3-6-15-7-4-10/h10-11,13-14H,2-9H2,1H3. The van der Waals surface area contributed by atoms with Gasteiger partial charge >= 0.3 is 0 Å². The molecule has 90 valence electrons. The van der Waals surface area contributed by atoms with Gasteiger partial charge in [-0.2, -0.15) is 0 Å². The lowest BCUT2D eigenvalue weighted by atomic mass is 9.96. The zero-order chi connectivity index (χ0) is 11.1. The number of aliphatic hydroxyl groups is 2. The fraction of sp³-hybridized carbons (Fsp3) is 1.00. The highest BCUT2D eigenvalue weighted by molar-refractivity contribution is 4.70. The monoisotopic (exact) mass is 217 g/mol. The lowest BCUT2D eigenvalue weighted by Gasteiger charge is -2.28. The van der Waals surface area contributed by atoms with Crippen LogP contribution in [0.3, 0.4) is 0 Å². The Morgan fingerprint density at radius 2 is 1.87 bits per heavy atom. The van der Waals surface area contributed by atoms with E-state index in [1.807, 2.05) is 11.9 Å². The number of rotatable bonds is 6. The zero-order valence-electron chi connectivity index (χ0n) is 9.56. The average molecular weight is 217 g/mol. The van der Waals surface area contributed by atoms with Crippen molar-refractivity contribution in [1.82, 2.24) is 4.90 Å². The molecule has 1 aliphatic heterocycles. The first-order valence-electron chi connectivity index (χ1n) is 5.77. The number of aliphatic hydroxyl groups excluding tert-OH is 2. The zero-order valence-corrected chi connectivity index (χ0v) is 9.56. The highest BCUT2D eigenvalue weighted by Crippen LogP contribution is 2.18. The van der Waals surface area contributed by atoms with Crippen molar-refractivity contribution in [3.8, 4) is 0 Å². The first-order chi connectivity index (χ1) is 7.27. The third-order valence-corrected chi connectivity index (χ3v) is 3.28. The van der Waals surface area contributed by atoms with E-state index in [2.05, 4.69) is 0 Å². The summed E-state index contributed by atoms with van der Waals surface area (Å²) in [5.74, 6) is 0.749. The largest absolute Gasteiger partial charge is 0.395 e. The number of hydrogen-bond acceptors (Lipinski definition) is 4. The predicted octanol–water partition coefficient (Wildman–Crippen LogP) is 0.0881. The molecule has 0 amide bonds. The summed E-state index contributed by atoms with van der Waals surface area (Å²) in [6, 6.07) is -0.107. The number of hydrogen-bond donors (Lipinski definition) is 2. The van der Waals surface area contributed by atoms with Crippen LogP contribution < -0.4 is 0 Å². The van der Waals surface area contributed by atoms with Gasteiger partial charge in [-0.3, -0.25) is 4.90 Å². The van der Waals surface area contributed by atoms with Crippen molar-refractivity contribution >= 4 is 0 Å². The molecule has 0 aliphatic carbocycles. The van der Waals surface area contributed by atoms with Crippen molar-refractivity contribution in [3.05, 3.63) is 0 Å². The minimum atomic E-state index is -0.107. The fourth-order valence-corrected chi connectivity index (χ4v) is 1.94. The van der Waals surface area contributed by atoms with Crippen LogP contribution in [0.15, 0.2) is 0 Å². The Labute approximate surface area is 91.8 Å². The van der Waals surface area contributed by atoms with E-state index in [0.717, 1.165) is 44.9 Å². The molecule has 0 bridgehead atoms. The summed E-state index contributed by atoms with van der Waals surface area (Å²) in [5, 5.41) is 18.0. The van der Waals surface area contributed by atoms with Crippen molar-refractivity contribution in [1.29, 1.82) is 0 Å². The lowest BCUT2D eigenvalue weighted by molar-refractivity contribution is 0.0514. The van der Waals surface area contributed by atoms with Gasteiger partial charge in [0.05, 0.1) is 19.3 Å². The van der Waals surface area contributed by atoms with E-state index in [1.54, 1.807) is 0 Å². The maximum atomic E-state index is 9.01. The topological polar surface area (TPSA) is 52.9 Å². The van der Waals surface area contributed by atoms with Gasteiger partial charge in [0.25, 0.3) is 0 Å². The SMILES string of the molecule is CN(CCC1CCOCC1)C(CO)CO. The van der Waals surface area contributed by atoms with Gasteiger partial charge in [-0.25, -0.2) is 0 Å². The minimum Gasteiger partial charge on any atom is -0.395 e. The van der Waals surface area contributed by atoms with Crippen LogP contribution in [0.2, 0.25) is 0 Å². The molecule has 0 aromatic carbocycles. The van der Waals surface area contributed by atoms with E-state index >= 15 is 0 Å². The van der Waals surface area contributed by atoms with Crippen LogP contribution in [-0.2, 0) is 4.74 Å². The minimum absolute atomic E-state index is 0.0285. The molecular formula is C11H23NO3. The van der Waals surface area contributed by atoms with Gasteiger partial charge in [-0.05, 0) is 38.8 Å². The first-order valence-corrected chi connectivity index (χ1v) is 5.77. The van der Waals surface area contributed by atoms with Crippen LogP contribution in [0, 0.1) is 5.92 Å². The highest BCUT2D eigenvalue weighted by Gasteiger charge is 2.17. The maximum absolute atomic E-state index is 9.01. The molecule has 0 unspecified atom stereocenters. The van der Waals surface area contributed by atoms with Crippen molar-refractivity contribution in [2.45, 2.75) is 25.3 Å². The summed E-state index contributed by atoms with van der Waals surface area (Å²) < 4.78 is 5.30. The van der Waals surface area contributed by atoms with Crippen LogP contribution in [0.1, 0.15) is 19.3 Å². The van der Waals surface area contributed by atoms with Crippen LogP contribution in [-0.4, -0.2) is 61.2 Å². The van der Waals surface area contributed by atoms with Gasteiger partial charge in [-0.15, -0.1) is 0 Å². The van der Waals surface area contributed by atoms with E-state index < -0.39 is 0 Å². The summed E-state index contributed by atoms with van der Waals surface area (Å²) in [4.78, 5) is 2.04. The lowest BCUT2D eigenvalue weighted by Crippen LogP contribution is -2.39. The number of likely N-dealkylation sites (N-methyl/N-ethyl adjacent to an activating group) is 1. The van der Waals surface area contributed by atoms with Crippen molar-refractivity contribution in [2.24, 2.45) is 5.92 Å². The summed E-state index contributed by atoms with van der Waals surface area (Å²) >= 11 is 0. The molecule has 0 saturated carbocycles. The second-order valence-electron chi connectivity index (χ2n) is 4.34. The van der Waals surface area contributed by atoms with E-state index in [4.69, 9.17) is 14.9 Å². The smallest absolute Gasteiger partial charge is 0.0609 e. The van der Waals surface area contributed by atoms with E-state index in [-0.39, 0.29) is 19.3 Å². The molecule has 1 rings (SSSR count). The fourth-order valence-electron chi connectivity index (χ4n) is 1.94. The Morgan fingerprint density at radius 3 is 2.40 bits per heavy atom. The summed E-state index contributed by atoms with van der Waals surface area (Å²) in [5.41, 5.74) is 0. The summed E-state index contributed by atoms with van der Waals surface area (Å²) in [6.07, 6.45) is 3.43. The molecule has 15 heavy (non-hydrogen) atoms. The summed E-state index contributed by atoms with van der Waals surface area (Å²) in [7, 11) is 1.95. The predicted molar refractivity (Wildman–Crippen MR) is 58.7 cm³/mol. The number of ether oxygens (including phenoxy) is 1. The molecule has 1 heterocycles. The molecular weight excluding hydrogens is 194 g/mol. The van der Waals surface area contributed by atoms with Crippen LogP contribution in [0.4, 0.5) is 0 Å². The Kier molecular flexibility index (Phi) is 6.17. The first kappa shape index (κ1) is 12.9. The van der Waals surface area contributed by atoms with Crippen molar-refractivity contribution in [3.63, 3.8) is 0 Å². The van der Waals surface area contributed by atoms with Gasteiger partial charge in [0, 0.05) is 13.2 Å². The Morgan fingerprint density at radius 1 is 1.27 bits per heavy atom. The molecule has 0 radical (unpaired) electrons. The van der Waals surface area contributed by atoms with Gasteiger partial charge in [0.15, 0.2) is 0 Å². The van der Waals surface area contributed by atoms with E-state index in [1.165, 1.54) is 0 Å². The van der Waals surface area contributed by atoms with Gasteiger partial charge in [0.1, 0.15) is 0 Å². The molecule has 4 heteroatoms. The molecule has 0 aromatic heterocycles. The maximum Gasteiger partial charge on any atom is 0.0609 e. The molecule has 1 fully saturated rings. The number of nitrogens with zero attached hydrogens (tertiary/aromatic N) is 1. The molecule has 2 N–H and O–H groups in total. The molecule has 0 spiro atoms. The van der Waals surface area contributed by atoms with Crippen LogP contribution in [0.5, 0.6) is 0 Å². The Bertz CT molecular complexity index is 156. The van der Waals surface area contributed by atoms with Crippen LogP contribution >= 0.6 is 0 Å². The van der Waals surface area contributed by atoms with Gasteiger partial charge < -0.3 is 14.9 Å². The van der Waals surface area contributed by atoms with E-state index in [0.29, 0.717) is 0 Å². The molecule has 4 nitrogen and oxygen atoms in total. The molecule has 0 atom stereocenters. The summed E-state index contributed by atoms with van der Waals surface area (Å²) in [6.45, 7) is 2.77. The Balaban J connectivity index is 2.16. The normalized spacial score (nSPS) is 19.0. The third-order valence-electron chi connectivity index (χ3n) is 3.28. The highest BCUT2D eigenvalue weighted by atomic mass is 16.5. The third kappa shape index (κ3) is 4.47. The van der Waals surface area contributed by atoms with Crippen molar-refractivity contribution < 1.29 is 14.9 Å². The van der Waals surface area contributed by atoms with E-state index in [9.17, 15) is 0 Å². The van der Waals surface area contributed by atoms with Crippen molar-refractivity contribution in [2.75, 3.05) is 40.0 Å². The quantitative estimate of drug-likeness (QED) is 0.662. The van der Waals surface area contributed by atoms with Gasteiger partial charge in [0.2, 0.25) is 0 Å². The molecule has 1 saturated heterocycles.